The van der Waals surface area contributed by atoms with E-state index in [-0.39, 0.29) is 11.3 Å². The molecule has 1 saturated carbocycles. The number of rotatable bonds is 4. The van der Waals surface area contributed by atoms with E-state index in [2.05, 4.69) is 4.90 Å². The summed E-state index contributed by atoms with van der Waals surface area (Å²) in [5.41, 5.74) is 0.164. The zero-order chi connectivity index (χ0) is 14.9. The summed E-state index contributed by atoms with van der Waals surface area (Å²) in [6, 6.07) is 0. The van der Waals surface area contributed by atoms with Gasteiger partial charge in [-0.25, -0.2) is 0 Å². The molecule has 0 bridgehead atoms. The number of carbonyl (C=O) groups excluding carboxylic acids is 2. The van der Waals surface area contributed by atoms with Crippen molar-refractivity contribution in [2.75, 3.05) is 38.2 Å². The average Bonchev–Trinajstić information content (AvgIpc) is 2.71. The molecule has 3 aliphatic rings. The highest BCUT2D eigenvalue weighted by atomic mass is 32.2. The SMILES string of the molecule is CSCC(=O)N1CCC2(CC1)CC(=O)N(CC1CCC1)C2. The van der Waals surface area contributed by atoms with Crippen LogP contribution in [0.1, 0.15) is 38.5 Å². The monoisotopic (exact) mass is 310 g/mol. The molecule has 0 aromatic carbocycles. The second-order valence-electron chi connectivity index (χ2n) is 7.06. The molecule has 1 spiro atoms. The van der Waals surface area contributed by atoms with Crippen molar-refractivity contribution in [2.24, 2.45) is 11.3 Å². The van der Waals surface area contributed by atoms with Crippen LogP contribution in [0.15, 0.2) is 0 Å². The Morgan fingerprint density at radius 1 is 1.33 bits per heavy atom. The standard InChI is InChI=1S/C16H26N2O2S/c1-21-11-15(20)17-7-5-16(6-8-17)9-14(19)18(12-16)10-13-3-2-4-13/h13H,2-12H2,1H3. The highest BCUT2D eigenvalue weighted by Gasteiger charge is 2.45. The number of hydrogen-bond acceptors (Lipinski definition) is 3. The summed E-state index contributed by atoms with van der Waals surface area (Å²) in [6.07, 6.45) is 8.62. The summed E-state index contributed by atoms with van der Waals surface area (Å²) in [5.74, 6) is 1.95. The second kappa shape index (κ2) is 6.19. The van der Waals surface area contributed by atoms with E-state index >= 15 is 0 Å². The molecule has 0 atom stereocenters. The third kappa shape index (κ3) is 3.22. The average molecular weight is 310 g/mol. The van der Waals surface area contributed by atoms with E-state index in [1.165, 1.54) is 19.3 Å². The van der Waals surface area contributed by atoms with Gasteiger partial charge in [-0.3, -0.25) is 9.59 Å². The number of likely N-dealkylation sites (tertiary alicyclic amines) is 2. The zero-order valence-electron chi connectivity index (χ0n) is 13.0. The predicted octanol–water partition coefficient (Wildman–Crippen LogP) is 1.99. The van der Waals surface area contributed by atoms with Crippen LogP contribution in [0, 0.1) is 11.3 Å². The lowest BCUT2D eigenvalue weighted by Crippen LogP contribution is -2.45. The Labute approximate surface area is 131 Å². The Morgan fingerprint density at radius 2 is 2.05 bits per heavy atom. The van der Waals surface area contributed by atoms with Crippen LogP contribution >= 0.6 is 11.8 Å². The van der Waals surface area contributed by atoms with Crippen LogP contribution in [0.5, 0.6) is 0 Å². The molecule has 2 aliphatic heterocycles. The van der Waals surface area contributed by atoms with Crippen molar-refractivity contribution in [3.63, 3.8) is 0 Å². The maximum Gasteiger partial charge on any atom is 0.232 e. The van der Waals surface area contributed by atoms with Crippen molar-refractivity contribution >= 4 is 23.6 Å². The minimum absolute atomic E-state index is 0.164. The van der Waals surface area contributed by atoms with Gasteiger partial charge in [-0.2, -0.15) is 11.8 Å². The lowest BCUT2D eigenvalue weighted by Gasteiger charge is -2.39. The maximum atomic E-state index is 12.3. The fourth-order valence-corrected chi connectivity index (χ4v) is 4.34. The van der Waals surface area contributed by atoms with Crippen LogP contribution in [0.25, 0.3) is 0 Å². The van der Waals surface area contributed by atoms with Gasteiger partial charge in [0.05, 0.1) is 5.75 Å². The molecule has 0 unspecified atom stereocenters. The van der Waals surface area contributed by atoms with Gasteiger partial charge in [0.25, 0.3) is 0 Å². The largest absolute Gasteiger partial charge is 0.342 e. The number of nitrogens with zero attached hydrogens (tertiary/aromatic N) is 2. The highest BCUT2D eigenvalue weighted by Crippen LogP contribution is 2.42. The third-order valence-electron chi connectivity index (χ3n) is 5.55. The van der Waals surface area contributed by atoms with Gasteiger partial charge in [-0.1, -0.05) is 6.42 Å². The van der Waals surface area contributed by atoms with Gasteiger partial charge in [0.2, 0.25) is 11.8 Å². The first-order valence-corrected chi connectivity index (χ1v) is 9.56. The zero-order valence-corrected chi connectivity index (χ0v) is 13.8. The Bertz CT molecular complexity index is 415. The molecule has 0 aromatic heterocycles. The summed E-state index contributed by atoms with van der Waals surface area (Å²) >= 11 is 1.59. The van der Waals surface area contributed by atoms with Gasteiger partial charge in [-0.05, 0) is 37.9 Å². The summed E-state index contributed by atoms with van der Waals surface area (Å²) in [6.45, 7) is 3.59. The number of amides is 2. The molecule has 3 fully saturated rings. The van der Waals surface area contributed by atoms with Crippen molar-refractivity contribution in [3.8, 4) is 0 Å². The molecule has 0 aromatic rings. The molecule has 1 aliphatic carbocycles. The Balaban J connectivity index is 1.53. The van der Waals surface area contributed by atoms with Gasteiger partial charge >= 0.3 is 0 Å². The third-order valence-corrected chi connectivity index (χ3v) is 6.09. The van der Waals surface area contributed by atoms with Gasteiger partial charge in [0.1, 0.15) is 0 Å². The molecule has 21 heavy (non-hydrogen) atoms. The molecule has 118 valence electrons. The fourth-order valence-electron chi connectivity index (χ4n) is 3.92. The quantitative estimate of drug-likeness (QED) is 0.797. The van der Waals surface area contributed by atoms with Crippen molar-refractivity contribution in [2.45, 2.75) is 38.5 Å². The van der Waals surface area contributed by atoms with Crippen LogP contribution in [0.2, 0.25) is 0 Å². The molecule has 0 radical (unpaired) electrons. The normalized spacial score (nSPS) is 25.5. The minimum atomic E-state index is 0.164. The Kier molecular flexibility index (Phi) is 4.48. The molecular weight excluding hydrogens is 284 g/mol. The maximum absolute atomic E-state index is 12.3. The molecule has 4 nitrogen and oxygen atoms in total. The molecule has 2 heterocycles. The summed E-state index contributed by atoms with van der Waals surface area (Å²) in [4.78, 5) is 28.3. The van der Waals surface area contributed by atoms with Gasteiger partial charge in [0, 0.05) is 38.0 Å². The smallest absolute Gasteiger partial charge is 0.232 e. The van der Waals surface area contributed by atoms with Crippen LogP contribution in [0.3, 0.4) is 0 Å². The van der Waals surface area contributed by atoms with Crippen LogP contribution in [0.4, 0.5) is 0 Å². The van der Waals surface area contributed by atoms with Gasteiger partial charge < -0.3 is 9.80 Å². The lowest BCUT2D eigenvalue weighted by molar-refractivity contribution is -0.130. The molecular formula is C16H26N2O2S. The Hall–Kier alpha value is -0.710. The topological polar surface area (TPSA) is 40.6 Å². The van der Waals surface area contributed by atoms with Crippen molar-refractivity contribution in [3.05, 3.63) is 0 Å². The molecule has 2 amide bonds. The molecule has 3 rings (SSSR count). The molecule has 5 heteroatoms. The van der Waals surface area contributed by atoms with E-state index in [1.807, 2.05) is 11.2 Å². The first-order valence-electron chi connectivity index (χ1n) is 8.16. The summed E-state index contributed by atoms with van der Waals surface area (Å²) in [7, 11) is 0. The van der Waals surface area contributed by atoms with E-state index in [0.717, 1.165) is 44.9 Å². The minimum Gasteiger partial charge on any atom is -0.342 e. The predicted molar refractivity (Wildman–Crippen MR) is 85.2 cm³/mol. The fraction of sp³-hybridized carbons (Fsp3) is 0.875. The first-order chi connectivity index (χ1) is 10.1. The molecule has 2 saturated heterocycles. The van der Waals surface area contributed by atoms with Crippen LogP contribution in [-0.2, 0) is 9.59 Å². The number of piperidine rings is 1. The number of carbonyl (C=O) groups is 2. The van der Waals surface area contributed by atoms with Crippen molar-refractivity contribution in [1.29, 1.82) is 0 Å². The first kappa shape index (κ1) is 15.2. The van der Waals surface area contributed by atoms with Gasteiger partial charge in [0.15, 0.2) is 0 Å². The second-order valence-corrected chi connectivity index (χ2v) is 7.93. The van der Waals surface area contributed by atoms with E-state index in [0.29, 0.717) is 18.1 Å². The summed E-state index contributed by atoms with van der Waals surface area (Å²) in [5, 5.41) is 0. The Morgan fingerprint density at radius 3 is 2.62 bits per heavy atom. The van der Waals surface area contributed by atoms with Gasteiger partial charge in [-0.15, -0.1) is 0 Å². The lowest BCUT2D eigenvalue weighted by atomic mass is 9.77. The molecule has 0 N–H and O–H groups in total. The van der Waals surface area contributed by atoms with E-state index in [9.17, 15) is 9.59 Å². The summed E-state index contributed by atoms with van der Waals surface area (Å²) < 4.78 is 0. The van der Waals surface area contributed by atoms with Crippen molar-refractivity contribution < 1.29 is 9.59 Å². The van der Waals surface area contributed by atoms with Crippen LogP contribution in [-0.4, -0.2) is 59.8 Å². The highest BCUT2D eigenvalue weighted by molar-refractivity contribution is 7.99. The van der Waals surface area contributed by atoms with Crippen molar-refractivity contribution in [1.82, 2.24) is 9.80 Å². The van der Waals surface area contributed by atoms with E-state index < -0.39 is 0 Å². The number of thioether (sulfide) groups is 1. The van der Waals surface area contributed by atoms with E-state index in [4.69, 9.17) is 0 Å². The van der Waals surface area contributed by atoms with Crippen LogP contribution < -0.4 is 0 Å². The van der Waals surface area contributed by atoms with E-state index in [1.54, 1.807) is 11.8 Å². The number of hydrogen-bond donors (Lipinski definition) is 0.